The van der Waals surface area contributed by atoms with Gasteiger partial charge in [-0.15, -0.1) is 0 Å². The molecule has 0 aromatic heterocycles. The van der Waals surface area contributed by atoms with Crippen molar-refractivity contribution in [2.75, 3.05) is 32.8 Å². The summed E-state index contributed by atoms with van der Waals surface area (Å²) in [4.78, 5) is 25.3. The highest BCUT2D eigenvalue weighted by Crippen LogP contribution is 2.35. The van der Waals surface area contributed by atoms with Crippen molar-refractivity contribution in [3.05, 3.63) is 0 Å². The number of hydrogen-bond acceptors (Lipinski definition) is 4. The molecule has 2 saturated heterocycles. The van der Waals surface area contributed by atoms with Gasteiger partial charge in [0.15, 0.2) is 0 Å². The predicted molar refractivity (Wildman–Crippen MR) is 72.1 cm³/mol. The monoisotopic (exact) mass is 285 g/mol. The van der Waals surface area contributed by atoms with Gasteiger partial charge in [0.05, 0.1) is 13.2 Å². The minimum absolute atomic E-state index is 0.327. The van der Waals surface area contributed by atoms with Gasteiger partial charge in [-0.25, -0.2) is 14.6 Å². The number of nitrogens with one attached hydrogen (secondary N) is 1. The molecular weight excluding hydrogens is 262 g/mol. The lowest BCUT2D eigenvalue weighted by Crippen LogP contribution is -2.61. The molecular formula is C13H23N3O4. The zero-order valence-electron chi connectivity index (χ0n) is 12.1. The second kappa shape index (κ2) is 5.97. The van der Waals surface area contributed by atoms with Crippen molar-refractivity contribution in [2.24, 2.45) is 5.41 Å². The van der Waals surface area contributed by atoms with Crippen LogP contribution in [0.4, 0.5) is 4.79 Å². The third kappa shape index (κ3) is 3.21. The zero-order chi connectivity index (χ0) is 14.8. The van der Waals surface area contributed by atoms with Crippen molar-refractivity contribution >= 4 is 12.0 Å². The van der Waals surface area contributed by atoms with Crippen LogP contribution < -0.4 is 5.43 Å². The number of nitrogens with zero attached hydrogens (tertiary/aromatic N) is 2. The first-order valence-electron chi connectivity index (χ1n) is 7.04. The fourth-order valence-electron chi connectivity index (χ4n) is 2.95. The van der Waals surface area contributed by atoms with Gasteiger partial charge in [-0.3, -0.25) is 5.43 Å². The number of carboxylic acid groups (broad SMARTS) is 1. The molecule has 0 radical (unpaired) electrons. The molecule has 1 unspecified atom stereocenters. The normalized spacial score (nSPS) is 27.1. The van der Waals surface area contributed by atoms with Crippen LogP contribution in [0.25, 0.3) is 0 Å². The molecule has 0 aromatic carbocycles. The molecule has 114 valence electrons. The number of amides is 2. The number of piperidine rings is 1. The van der Waals surface area contributed by atoms with Crippen LogP contribution in [0.15, 0.2) is 0 Å². The van der Waals surface area contributed by atoms with E-state index in [2.05, 4.69) is 5.43 Å². The fourth-order valence-corrected chi connectivity index (χ4v) is 2.95. The van der Waals surface area contributed by atoms with Gasteiger partial charge in [0.25, 0.3) is 0 Å². The standard InChI is InChI=1S/C13H23N3O4/c1-13(2)4-3-5-16(10(13)11(17)18)12(19)14-15-6-8-20-9-7-15/h10H,3-9H2,1-2H3,(H,14,19)(H,17,18). The Balaban J connectivity index is 2.04. The molecule has 2 aliphatic rings. The lowest BCUT2D eigenvalue weighted by Gasteiger charge is -2.44. The molecule has 0 bridgehead atoms. The fraction of sp³-hybridized carbons (Fsp3) is 0.846. The lowest BCUT2D eigenvalue weighted by atomic mass is 9.76. The topological polar surface area (TPSA) is 82.1 Å². The largest absolute Gasteiger partial charge is 0.480 e. The maximum absolute atomic E-state index is 12.3. The molecule has 2 heterocycles. The first kappa shape index (κ1) is 15.1. The number of carbonyl (C=O) groups excluding carboxylic acids is 1. The Labute approximate surface area is 118 Å². The van der Waals surface area contributed by atoms with Gasteiger partial charge >= 0.3 is 12.0 Å². The van der Waals surface area contributed by atoms with Crippen LogP contribution in [-0.4, -0.2) is 65.9 Å². The van der Waals surface area contributed by atoms with E-state index in [0.29, 0.717) is 32.8 Å². The summed E-state index contributed by atoms with van der Waals surface area (Å²) in [6.07, 6.45) is 1.64. The van der Waals surface area contributed by atoms with Crippen molar-refractivity contribution in [3.8, 4) is 0 Å². The van der Waals surface area contributed by atoms with Gasteiger partial charge in [0, 0.05) is 19.6 Å². The minimum Gasteiger partial charge on any atom is -0.480 e. The number of aliphatic carboxylic acids is 1. The number of likely N-dealkylation sites (tertiary alicyclic amines) is 1. The second-order valence-electron chi connectivity index (χ2n) is 6.04. The van der Waals surface area contributed by atoms with Crippen LogP contribution in [0, 0.1) is 5.41 Å². The van der Waals surface area contributed by atoms with E-state index in [1.807, 2.05) is 13.8 Å². The van der Waals surface area contributed by atoms with Crippen molar-refractivity contribution in [2.45, 2.75) is 32.7 Å². The summed E-state index contributed by atoms with van der Waals surface area (Å²) in [5.41, 5.74) is 2.38. The molecule has 2 N–H and O–H groups in total. The van der Waals surface area contributed by atoms with E-state index in [-0.39, 0.29) is 6.03 Å². The van der Waals surface area contributed by atoms with E-state index >= 15 is 0 Å². The SMILES string of the molecule is CC1(C)CCCN(C(=O)NN2CCOCC2)C1C(=O)O. The summed E-state index contributed by atoms with van der Waals surface area (Å²) in [7, 11) is 0. The van der Waals surface area contributed by atoms with Crippen LogP contribution >= 0.6 is 0 Å². The molecule has 0 aromatic rings. The molecule has 2 rings (SSSR count). The Hall–Kier alpha value is -1.34. The molecule has 1 atom stereocenters. The highest BCUT2D eigenvalue weighted by atomic mass is 16.5. The average Bonchev–Trinajstić information content (AvgIpc) is 2.37. The summed E-state index contributed by atoms with van der Waals surface area (Å²) < 4.78 is 5.22. The van der Waals surface area contributed by atoms with Gasteiger partial charge in [-0.2, -0.15) is 0 Å². The minimum atomic E-state index is -0.938. The first-order chi connectivity index (χ1) is 9.42. The second-order valence-corrected chi connectivity index (χ2v) is 6.04. The van der Waals surface area contributed by atoms with Crippen LogP contribution in [0.1, 0.15) is 26.7 Å². The number of hydrogen-bond donors (Lipinski definition) is 2. The number of ether oxygens (including phenoxy) is 1. The van der Waals surface area contributed by atoms with Crippen LogP contribution in [0.5, 0.6) is 0 Å². The van der Waals surface area contributed by atoms with E-state index in [1.54, 1.807) is 5.01 Å². The average molecular weight is 285 g/mol. The summed E-state index contributed by atoms with van der Waals surface area (Å²) in [6.45, 7) is 6.69. The van der Waals surface area contributed by atoms with E-state index in [4.69, 9.17) is 4.74 Å². The third-order valence-electron chi connectivity index (χ3n) is 4.03. The Morgan fingerprint density at radius 3 is 2.50 bits per heavy atom. The lowest BCUT2D eigenvalue weighted by molar-refractivity contribution is -0.148. The molecule has 2 aliphatic heterocycles. The molecule has 20 heavy (non-hydrogen) atoms. The molecule has 7 heteroatoms. The molecule has 0 saturated carbocycles. The van der Waals surface area contributed by atoms with E-state index in [0.717, 1.165) is 12.8 Å². The summed E-state index contributed by atoms with van der Waals surface area (Å²) in [5.74, 6) is -0.938. The quantitative estimate of drug-likeness (QED) is 0.773. The Morgan fingerprint density at radius 1 is 1.25 bits per heavy atom. The maximum atomic E-state index is 12.3. The summed E-state index contributed by atoms with van der Waals surface area (Å²) >= 11 is 0. The van der Waals surface area contributed by atoms with Crippen molar-refractivity contribution in [3.63, 3.8) is 0 Å². The van der Waals surface area contributed by atoms with Crippen molar-refractivity contribution in [1.29, 1.82) is 0 Å². The number of morpholine rings is 1. The first-order valence-corrected chi connectivity index (χ1v) is 7.04. The predicted octanol–water partition coefficient (Wildman–Crippen LogP) is 0.518. The number of rotatable bonds is 2. The van der Waals surface area contributed by atoms with Gasteiger partial charge in [-0.05, 0) is 18.3 Å². The van der Waals surface area contributed by atoms with Crippen LogP contribution in [0.3, 0.4) is 0 Å². The summed E-state index contributed by atoms with van der Waals surface area (Å²) in [5, 5.41) is 11.2. The van der Waals surface area contributed by atoms with E-state index in [9.17, 15) is 14.7 Å². The van der Waals surface area contributed by atoms with E-state index < -0.39 is 17.4 Å². The molecule has 2 amide bonds. The van der Waals surface area contributed by atoms with Crippen molar-refractivity contribution < 1.29 is 19.4 Å². The number of hydrazine groups is 1. The van der Waals surface area contributed by atoms with Gasteiger partial charge in [0.1, 0.15) is 6.04 Å². The number of urea groups is 1. The van der Waals surface area contributed by atoms with Crippen LogP contribution in [-0.2, 0) is 9.53 Å². The number of carboxylic acids is 1. The van der Waals surface area contributed by atoms with Gasteiger partial charge < -0.3 is 14.7 Å². The third-order valence-corrected chi connectivity index (χ3v) is 4.03. The Morgan fingerprint density at radius 2 is 1.90 bits per heavy atom. The van der Waals surface area contributed by atoms with Crippen molar-refractivity contribution in [1.82, 2.24) is 15.3 Å². The Bertz CT molecular complexity index is 380. The number of carbonyl (C=O) groups is 2. The molecule has 2 fully saturated rings. The Kier molecular flexibility index (Phi) is 4.49. The van der Waals surface area contributed by atoms with Gasteiger partial charge in [0.2, 0.25) is 0 Å². The smallest absolute Gasteiger partial charge is 0.332 e. The highest BCUT2D eigenvalue weighted by Gasteiger charge is 2.44. The van der Waals surface area contributed by atoms with E-state index in [1.165, 1.54) is 4.90 Å². The zero-order valence-corrected chi connectivity index (χ0v) is 12.1. The highest BCUT2D eigenvalue weighted by molar-refractivity contribution is 5.83. The maximum Gasteiger partial charge on any atom is 0.332 e. The molecule has 0 spiro atoms. The molecule has 7 nitrogen and oxygen atoms in total. The summed E-state index contributed by atoms with van der Waals surface area (Å²) in [6, 6.07) is -1.11. The molecule has 0 aliphatic carbocycles. The van der Waals surface area contributed by atoms with Gasteiger partial charge in [-0.1, -0.05) is 13.8 Å². The van der Waals surface area contributed by atoms with Crippen LogP contribution in [0.2, 0.25) is 0 Å².